The number of methoxy groups -OCH3 is 1. The Morgan fingerprint density at radius 2 is 1.97 bits per heavy atom. The van der Waals surface area contributed by atoms with Gasteiger partial charge in [-0.3, -0.25) is 9.62 Å². The lowest BCUT2D eigenvalue weighted by atomic mass is 10.1. The highest BCUT2D eigenvalue weighted by Crippen LogP contribution is 2.32. The van der Waals surface area contributed by atoms with Gasteiger partial charge in [0.05, 0.1) is 19.1 Å². The summed E-state index contributed by atoms with van der Waals surface area (Å²) in [6, 6.07) is 10.8. The average molecular weight is 416 g/mol. The first-order valence-corrected chi connectivity index (χ1v) is 11.1. The fourth-order valence-corrected chi connectivity index (χ4v) is 4.94. The number of sulfonamides is 1. The third kappa shape index (κ3) is 4.24. The average Bonchev–Trinajstić information content (AvgIpc) is 3.17. The van der Waals surface area contributed by atoms with E-state index in [1.807, 2.05) is 31.2 Å². The Balaban J connectivity index is 1.69. The highest BCUT2D eigenvalue weighted by atomic mass is 32.2. The first-order valence-electron chi connectivity index (χ1n) is 9.57. The van der Waals surface area contributed by atoms with Gasteiger partial charge in [0.15, 0.2) is 5.58 Å². The van der Waals surface area contributed by atoms with E-state index in [0.717, 1.165) is 49.2 Å². The fourth-order valence-electron chi connectivity index (χ4n) is 3.63. The summed E-state index contributed by atoms with van der Waals surface area (Å²) >= 11 is 0. The number of ether oxygens (including phenoxy) is 1. The summed E-state index contributed by atoms with van der Waals surface area (Å²) in [4.78, 5) is 2.45. The topological polar surface area (TPSA) is 83.8 Å². The molecule has 0 aliphatic carbocycles. The zero-order valence-electron chi connectivity index (χ0n) is 16.6. The van der Waals surface area contributed by atoms with Crippen molar-refractivity contribution in [2.75, 3.05) is 38.0 Å². The Morgan fingerprint density at radius 1 is 1.17 bits per heavy atom. The standard InChI is InChI=1S/C21H25N3O4S/c1-15-3-4-19(27-2)20(11-15)29(25,26)23-18-13-16(12-17-5-10-28-21(17)18)14-24-8-6-22-7-9-24/h3-5,10-13,22-23H,6-9,14H2,1-2H3. The van der Waals surface area contributed by atoms with E-state index >= 15 is 0 Å². The second-order valence-electron chi connectivity index (χ2n) is 7.27. The van der Waals surface area contributed by atoms with Crippen molar-refractivity contribution < 1.29 is 17.6 Å². The number of fused-ring (bicyclic) bond motifs is 1. The van der Waals surface area contributed by atoms with Crippen molar-refractivity contribution in [1.29, 1.82) is 0 Å². The third-order valence-corrected chi connectivity index (χ3v) is 6.47. The summed E-state index contributed by atoms with van der Waals surface area (Å²) in [6.07, 6.45) is 1.57. The molecule has 2 heterocycles. The van der Waals surface area contributed by atoms with Crippen molar-refractivity contribution in [2.45, 2.75) is 18.4 Å². The number of rotatable bonds is 6. The molecule has 0 atom stereocenters. The Morgan fingerprint density at radius 3 is 2.72 bits per heavy atom. The number of aryl methyl sites for hydroxylation is 1. The van der Waals surface area contributed by atoms with Gasteiger partial charge in [0.2, 0.25) is 0 Å². The van der Waals surface area contributed by atoms with Gasteiger partial charge in [0, 0.05) is 38.1 Å². The highest BCUT2D eigenvalue weighted by Gasteiger charge is 2.22. The Bertz CT molecular complexity index is 1120. The van der Waals surface area contributed by atoms with E-state index < -0.39 is 10.0 Å². The van der Waals surface area contributed by atoms with Crippen molar-refractivity contribution in [3.05, 3.63) is 53.8 Å². The van der Waals surface area contributed by atoms with E-state index in [1.165, 1.54) is 7.11 Å². The van der Waals surface area contributed by atoms with Crippen LogP contribution < -0.4 is 14.8 Å². The lowest BCUT2D eigenvalue weighted by Crippen LogP contribution is -2.42. The molecule has 2 aromatic carbocycles. The predicted octanol–water partition coefficient (Wildman–Crippen LogP) is 2.96. The minimum atomic E-state index is -3.86. The van der Waals surface area contributed by atoms with E-state index in [9.17, 15) is 8.42 Å². The molecule has 1 fully saturated rings. The molecular formula is C21H25N3O4S. The first kappa shape index (κ1) is 19.8. The molecule has 1 aromatic heterocycles. The van der Waals surface area contributed by atoms with E-state index in [4.69, 9.17) is 9.15 Å². The summed E-state index contributed by atoms with van der Waals surface area (Å²) in [7, 11) is -2.40. The Hall–Kier alpha value is -2.55. The lowest BCUT2D eigenvalue weighted by Gasteiger charge is -2.27. The molecule has 2 N–H and O–H groups in total. The molecule has 4 rings (SSSR count). The summed E-state index contributed by atoms with van der Waals surface area (Å²) < 4.78 is 39.8. The number of piperazine rings is 1. The van der Waals surface area contributed by atoms with Crippen molar-refractivity contribution in [2.24, 2.45) is 0 Å². The largest absolute Gasteiger partial charge is 0.495 e. The molecule has 0 saturated carbocycles. The van der Waals surface area contributed by atoms with Gasteiger partial charge in [-0.15, -0.1) is 0 Å². The Labute approximate surface area is 170 Å². The second kappa shape index (κ2) is 8.06. The highest BCUT2D eigenvalue weighted by molar-refractivity contribution is 7.92. The number of nitrogens with zero attached hydrogens (tertiary/aromatic N) is 1. The van der Waals surface area contributed by atoms with Gasteiger partial charge in [0.1, 0.15) is 10.6 Å². The smallest absolute Gasteiger partial charge is 0.265 e. The van der Waals surface area contributed by atoms with Crippen LogP contribution in [0.5, 0.6) is 5.75 Å². The number of hydrogen-bond donors (Lipinski definition) is 2. The number of benzene rings is 2. The molecule has 8 heteroatoms. The van der Waals surface area contributed by atoms with Gasteiger partial charge >= 0.3 is 0 Å². The van der Waals surface area contributed by atoms with Gasteiger partial charge in [-0.25, -0.2) is 8.42 Å². The lowest BCUT2D eigenvalue weighted by molar-refractivity contribution is 0.233. The van der Waals surface area contributed by atoms with Crippen LogP contribution in [-0.4, -0.2) is 46.6 Å². The molecule has 0 bridgehead atoms. The maximum Gasteiger partial charge on any atom is 0.265 e. The maximum atomic E-state index is 13.1. The molecule has 1 aliphatic heterocycles. The van der Waals surface area contributed by atoms with Crippen LogP contribution in [0.1, 0.15) is 11.1 Å². The van der Waals surface area contributed by atoms with Crippen LogP contribution in [0, 0.1) is 6.92 Å². The van der Waals surface area contributed by atoms with E-state index in [-0.39, 0.29) is 4.90 Å². The molecule has 1 aliphatic rings. The molecule has 154 valence electrons. The molecular weight excluding hydrogens is 390 g/mol. The number of hydrogen-bond acceptors (Lipinski definition) is 6. The monoisotopic (exact) mass is 415 g/mol. The number of anilines is 1. The van der Waals surface area contributed by atoms with Crippen LogP contribution in [0.15, 0.2) is 52.0 Å². The summed E-state index contributed by atoms with van der Waals surface area (Å²) in [5.74, 6) is 0.302. The van der Waals surface area contributed by atoms with E-state index in [0.29, 0.717) is 17.0 Å². The zero-order chi connectivity index (χ0) is 20.4. The quantitative estimate of drug-likeness (QED) is 0.644. The van der Waals surface area contributed by atoms with Crippen LogP contribution in [0.4, 0.5) is 5.69 Å². The van der Waals surface area contributed by atoms with Crippen molar-refractivity contribution in [3.8, 4) is 5.75 Å². The fraction of sp³-hybridized carbons (Fsp3) is 0.333. The van der Waals surface area contributed by atoms with Crippen molar-refractivity contribution >= 4 is 26.7 Å². The molecule has 1 saturated heterocycles. The van der Waals surface area contributed by atoms with E-state index in [1.54, 1.807) is 18.4 Å². The molecule has 0 unspecified atom stereocenters. The van der Waals surface area contributed by atoms with Gasteiger partial charge in [-0.1, -0.05) is 6.07 Å². The summed E-state index contributed by atoms with van der Waals surface area (Å²) in [5.41, 5.74) is 2.82. The predicted molar refractivity (Wildman–Crippen MR) is 113 cm³/mol. The van der Waals surface area contributed by atoms with Gasteiger partial charge in [-0.05, 0) is 48.4 Å². The van der Waals surface area contributed by atoms with Crippen molar-refractivity contribution in [1.82, 2.24) is 10.2 Å². The maximum absolute atomic E-state index is 13.1. The van der Waals surface area contributed by atoms with Crippen LogP contribution >= 0.6 is 0 Å². The third-order valence-electron chi connectivity index (χ3n) is 5.08. The van der Waals surface area contributed by atoms with Gasteiger partial charge in [0.25, 0.3) is 10.0 Å². The van der Waals surface area contributed by atoms with Crippen LogP contribution in [-0.2, 0) is 16.6 Å². The van der Waals surface area contributed by atoms with Crippen LogP contribution in [0.25, 0.3) is 11.0 Å². The van der Waals surface area contributed by atoms with Crippen molar-refractivity contribution in [3.63, 3.8) is 0 Å². The minimum Gasteiger partial charge on any atom is -0.495 e. The summed E-state index contributed by atoms with van der Waals surface area (Å²) in [5, 5.41) is 4.21. The summed E-state index contributed by atoms with van der Waals surface area (Å²) in [6.45, 7) is 6.44. The Kier molecular flexibility index (Phi) is 5.49. The van der Waals surface area contributed by atoms with Crippen LogP contribution in [0.3, 0.4) is 0 Å². The SMILES string of the molecule is COc1ccc(C)cc1S(=O)(=O)Nc1cc(CN2CCNCC2)cc2ccoc12. The minimum absolute atomic E-state index is 0.104. The number of furan rings is 1. The van der Waals surface area contributed by atoms with Crippen LogP contribution in [0.2, 0.25) is 0 Å². The van der Waals surface area contributed by atoms with E-state index in [2.05, 4.69) is 14.9 Å². The van der Waals surface area contributed by atoms with Gasteiger partial charge < -0.3 is 14.5 Å². The molecule has 3 aromatic rings. The number of nitrogens with one attached hydrogen (secondary N) is 2. The second-order valence-corrected chi connectivity index (χ2v) is 8.92. The molecule has 0 amide bonds. The van der Waals surface area contributed by atoms with Gasteiger partial charge in [-0.2, -0.15) is 0 Å². The molecule has 0 radical (unpaired) electrons. The normalized spacial score (nSPS) is 15.5. The zero-order valence-corrected chi connectivity index (χ0v) is 17.4. The first-order chi connectivity index (χ1) is 14.0. The molecule has 7 nitrogen and oxygen atoms in total. The molecule has 0 spiro atoms. The molecule has 29 heavy (non-hydrogen) atoms.